The Kier molecular flexibility index (Phi) is 27.0. The predicted octanol–water partition coefficient (Wildman–Crippen LogP) is 7.61. The minimum atomic E-state index is -4.78. The van der Waals surface area contributed by atoms with E-state index in [0.717, 1.165) is 48.2 Å². The number of unbranched alkanes of at least 4 members (excludes halogenated alkanes) is 12. The lowest BCUT2D eigenvalue weighted by atomic mass is 9.97. The Labute approximate surface area is 374 Å². The Hall–Kier alpha value is -4.11. The van der Waals surface area contributed by atoms with Gasteiger partial charge in [-0.25, -0.2) is 4.57 Å². The fraction of sp³-hybridized carbons (Fsp3) is 0.696. The van der Waals surface area contributed by atoms with Crippen LogP contribution in [0.2, 0.25) is 0 Å². The van der Waals surface area contributed by atoms with E-state index < -0.39 is 68.8 Å². The first-order valence-electron chi connectivity index (χ1n) is 22.9. The molecule has 0 aliphatic rings. The summed E-state index contributed by atoms with van der Waals surface area (Å²) in [5.74, 6) is -3.32. The Bertz CT molecular complexity index is 1770. The van der Waals surface area contributed by atoms with Gasteiger partial charge in [-0.05, 0) is 43.4 Å². The van der Waals surface area contributed by atoms with Gasteiger partial charge in [0.05, 0.1) is 19.6 Å². The minimum Gasteiger partial charge on any atom is -0.462 e. The monoisotopic (exact) mass is 907 g/mol. The molecule has 0 bridgehead atoms. The number of phosphoric acid groups is 1. The number of amides is 3. The summed E-state index contributed by atoms with van der Waals surface area (Å²) in [6.45, 7) is 8.65. The fourth-order valence-electron chi connectivity index (χ4n) is 7.05. The number of esters is 2. The average Bonchev–Trinajstić information content (AvgIpc) is 3.62. The molecule has 0 fully saturated rings. The number of Topliss-reactive ketones (excluding diaryl/α,β-unsaturated/α-hetero) is 1. The zero-order valence-corrected chi connectivity index (χ0v) is 39.5. The maximum absolute atomic E-state index is 13.2. The van der Waals surface area contributed by atoms with Crippen LogP contribution in [0.1, 0.15) is 155 Å². The number of aryl methyl sites for hydroxylation is 1. The summed E-state index contributed by atoms with van der Waals surface area (Å²) in [5, 5.41) is 8.76. The lowest BCUT2D eigenvalue weighted by Gasteiger charge is -2.24. The van der Waals surface area contributed by atoms with Crippen LogP contribution in [0.4, 0.5) is 0 Å². The molecule has 17 heteroatoms. The van der Waals surface area contributed by atoms with E-state index in [1.807, 2.05) is 39.0 Å². The summed E-state index contributed by atoms with van der Waals surface area (Å²) in [7, 11) is -4.78. The van der Waals surface area contributed by atoms with E-state index in [1.165, 1.54) is 64.7 Å². The average molecular weight is 907 g/mol. The third-order valence-corrected chi connectivity index (χ3v) is 11.9. The van der Waals surface area contributed by atoms with Crippen LogP contribution in [0.25, 0.3) is 10.9 Å². The molecule has 0 radical (unpaired) electrons. The highest BCUT2D eigenvalue weighted by atomic mass is 31.2. The van der Waals surface area contributed by atoms with Crippen LogP contribution in [0, 0.1) is 12.8 Å². The number of aromatic nitrogens is 1. The minimum absolute atomic E-state index is 0.0413. The number of ketones is 1. The number of ether oxygens (including phenoxy) is 2. The van der Waals surface area contributed by atoms with Gasteiger partial charge in [-0.3, -0.25) is 37.8 Å². The smallest absolute Gasteiger partial charge is 0.462 e. The van der Waals surface area contributed by atoms with Crippen molar-refractivity contribution in [2.45, 2.75) is 175 Å². The maximum Gasteiger partial charge on any atom is 0.472 e. The number of carbonyl (C=O) groups is 6. The van der Waals surface area contributed by atoms with Crippen molar-refractivity contribution in [2.24, 2.45) is 5.92 Å². The Morgan fingerprint density at radius 1 is 0.825 bits per heavy atom. The van der Waals surface area contributed by atoms with E-state index in [1.54, 1.807) is 6.20 Å². The first kappa shape index (κ1) is 55.0. The van der Waals surface area contributed by atoms with Gasteiger partial charge >= 0.3 is 19.8 Å². The van der Waals surface area contributed by atoms with Gasteiger partial charge < -0.3 is 35.3 Å². The van der Waals surface area contributed by atoms with Crippen LogP contribution in [0.5, 0.6) is 0 Å². The largest absolute Gasteiger partial charge is 0.472 e. The molecule has 1 aromatic carbocycles. The first-order valence-corrected chi connectivity index (χ1v) is 24.4. The number of aromatic amines is 1. The number of nitrogens with one attached hydrogen (secondary N) is 4. The highest BCUT2D eigenvalue weighted by molar-refractivity contribution is 7.47. The van der Waals surface area contributed by atoms with Crippen molar-refractivity contribution in [3.63, 3.8) is 0 Å². The quantitative estimate of drug-likeness (QED) is 0.0256. The second-order valence-electron chi connectivity index (χ2n) is 16.5. The number of phosphoric ester groups is 1. The molecule has 1 unspecified atom stereocenters. The van der Waals surface area contributed by atoms with Crippen molar-refractivity contribution in [2.75, 3.05) is 26.4 Å². The predicted molar refractivity (Wildman–Crippen MR) is 242 cm³/mol. The van der Waals surface area contributed by atoms with E-state index in [4.69, 9.17) is 18.5 Å². The van der Waals surface area contributed by atoms with E-state index in [9.17, 15) is 38.2 Å². The highest BCUT2D eigenvalue weighted by Crippen LogP contribution is 2.43. The lowest BCUT2D eigenvalue weighted by Crippen LogP contribution is -2.51. The molecule has 0 spiro atoms. The molecule has 356 valence electrons. The SMILES string of the molecule is CCCCCCCCCCCCCCCC(=O)O[C@@H](CCC(=O)[C@@H](COP(=O)(O)OCCNC(=O)[C@@H](NC(=O)Cc1c[nH]c2ccc(C)cc12)[C@@H](C)CC)NC(C)=O)COC(C)=O. The zero-order chi connectivity index (χ0) is 46.6. The van der Waals surface area contributed by atoms with Gasteiger partial charge in [0, 0.05) is 50.3 Å². The Balaban J connectivity index is 1.79. The molecule has 3 amide bonds. The van der Waals surface area contributed by atoms with Gasteiger partial charge in [0.15, 0.2) is 5.78 Å². The molecule has 63 heavy (non-hydrogen) atoms. The molecular weight excluding hydrogens is 831 g/mol. The standard InChI is InChI=1S/C46H75N4O12P/c1-7-9-10-11-12-13-14-15-16-17-18-19-20-21-44(55)62-38(31-59-36(6)52)23-25-42(53)41(49-35(5)51)32-61-63(57,58)60-27-26-47-46(56)45(34(4)8-2)50-43(54)29-37-30-48-40-24-22-33(3)28-39(37)40/h22,24,28,30,34,38,41,45,48H,7-21,23,25-27,29,31-32H2,1-6H3,(H,47,56)(H,49,51)(H,50,54)(H,57,58)/t34-,38-,41+,45-/m0/s1. The van der Waals surface area contributed by atoms with Crippen LogP contribution in [-0.4, -0.2) is 89.9 Å². The summed E-state index contributed by atoms with van der Waals surface area (Å²) in [6.07, 6.45) is 16.6. The summed E-state index contributed by atoms with van der Waals surface area (Å²) < 4.78 is 33.4. The first-order chi connectivity index (χ1) is 30.0. The van der Waals surface area contributed by atoms with Gasteiger partial charge in [0.1, 0.15) is 24.8 Å². The number of hydrogen-bond acceptors (Lipinski definition) is 11. The summed E-state index contributed by atoms with van der Waals surface area (Å²) in [5.41, 5.74) is 2.75. The number of benzene rings is 1. The van der Waals surface area contributed by atoms with Crippen molar-refractivity contribution in [3.8, 4) is 0 Å². The second kappa shape index (κ2) is 30.9. The highest BCUT2D eigenvalue weighted by Gasteiger charge is 2.30. The maximum atomic E-state index is 13.2. The number of rotatable bonds is 35. The van der Waals surface area contributed by atoms with Gasteiger partial charge in [0.25, 0.3) is 0 Å². The van der Waals surface area contributed by atoms with Crippen molar-refractivity contribution in [1.29, 1.82) is 0 Å². The van der Waals surface area contributed by atoms with E-state index in [-0.39, 0.29) is 50.7 Å². The molecule has 0 saturated heterocycles. The van der Waals surface area contributed by atoms with E-state index in [0.29, 0.717) is 12.8 Å². The molecule has 1 heterocycles. The molecule has 0 aliphatic carbocycles. The van der Waals surface area contributed by atoms with Crippen molar-refractivity contribution in [3.05, 3.63) is 35.5 Å². The zero-order valence-electron chi connectivity index (χ0n) is 38.6. The molecule has 2 aromatic rings. The number of H-pyrrole nitrogens is 1. The Morgan fingerprint density at radius 3 is 2.06 bits per heavy atom. The lowest BCUT2D eigenvalue weighted by molar-refractivity contribution is -0.158. The molecule has 0 saturated carbocycles. The van der Waals surface area contributed by atoms with Gasteiger partial charge in [-0.15, -0.1) is 0 Å². The van der Waals surface area contributed by atoms with Gasteiger partial charge in [-0.2, -0.15) is 0 Å². The molecule has 1 aromatic heterocycles. The van der Waals surface area contributed by atoms with Crippen LogP contribution >= 0.6 is 7.82 Å². The van der Waals surface area contributed by atoms with Gasteiger partial charge in [-0.1, -0.05) is 116 Å². The molecule has 0 aliphatic heterocycles. The molecule has 16 nitrogen and oxygen atoms in total. The van der Waals surface area contributed by atoms with Crippen molar-refractivity contribution in [1.82, 2.24) is 20.9 Å². The van der Waals surface area contributed by atoms with E-state index >= 15 is 0 Å². The fourth-order valence-corrected chi connectivity index (χ4v) is 7.78. The third kappa shape index (κ3) is 24.0. The van der Waals surface area contributed by atoms with Crippen LogP contribution in [-0.2, 0) is 58.3 Å². The van der Waals surface area contributed by atoms with E-state index in [2.05, 4.69) is 27.9 Å². The van der Waals surface area contributed by atoms with Crippen molar-refractivity contribution >= 4 is 54.2 Å². The van der Waals surface area contributed by atoms with Crippen LogP contribution < -0.4 is 16.0 Å². The van der Waals surface area contributed by atoms with Crippen LogP contribution in [0.3, 0.4) is 0 Å². The molecule has 5 atom stereocenters. The normalized spacial score (nSPS) is 14.2. The van der Waals surface area contributed by atoms with Crippen LogP contribution in [0.15, 0.2) is 24.4 Å². The second-order valence-corrected chi connectivity index (χ2v) is 18.0. The molecule has 2 rings (SSSR count). The summed E-state index contributed by atoms with van der Waals surface area (Å²) >= 11 is 0. The third-order valence-electron chi connectivity index (χ3n) is 10.9. The molecule has 5 N–H and O–H groups in total. The summed E-state index contributed by atoms with van der Waals surface area (Å²) in [6, 6.07) is 3.67. The number of hydrogen-bond donors (Lipinski definition) is 5. The number of carbonyl (C=O) groups excluding carboxylic acids is 6. The van der Waals surface area contributed by atoms with Crippen molar-refractivity contribution < 1.29 is 56.7 Å². The summed E-state index contributed by atoms with van der Waals surface area (Å²) in [4.78, 5) is 89.1. The number of fused-ring (bicyclic) bond motifs is 1. The Morgan fingerprint density at radius 2 is 1.46 bits per heavy atom. The topological polar surface area (TPSA) is 229 Å². The molecular formula is C46H75N4O12P. The van der Waals surface area contributed by atoms with Gasteiger partial charge in [0.2, 0.25) is 17.7 Å².